The molecule has 256 valence electrons. The number of halogens is 3. The number of rotatable bonds is 6. The molecular formula is C35H35F3N6O5. The number of nitriles is 1. The third kappa shape index (κ3) is 6.70. The first-order chi connectivity index (χ1) is 23.2. The number of benzene rings is 2. The summed E-state index contributed by atoms with van der Waals surface area (Å²) in [7, 11) is 1.51. The zero-order valence-corrected chi connectivity index (χ0v) is 27.5. The number of anilines is 1. The van der Waals surface area contributed by atoms with Crippen molar-refractivity contribution in [3.63, 3.8) is 0 Å². The number of ether oxygens (including phenoxy) is 3. The Morgan fingerprint density at radius 2 is 1.78 bits per heavy atom. The maximum absolute atomic E-state index is 14.6. The summed E-state index contributed by atoms with van der Waals surface area (Å²) < 4.78 is 61.2. The number of fused-ring (bicyclic) bond motifs is 2. The first kappa shape index (κ1) is 33.6. The van der Waals surface area contributed by atoms with Crippen LogP contribution in [0.3, 0.4) is 0 Å². The third-order valence-corrected chi connectivity index (χ3v) is 8.70. The number of para-hydroxylation sites is 1. The molecule has 0 spiro atoms. The fourth-order valence-electron chi connectivity index (χ4n) is 6.22. The first-order valence-corrected chi connectivity index (χ1v) is 15.7. The maximum atomic E-state index is 14.6. The Balaban J connectivity index is 1.39. The quantitative estimate of drug-likeness (QED) is 0.207. The largest absolute Gasteiger partial charge is 0.497 e. The lowest BCUT2D eigenvalue weighted by atomic mass is 9.80. The number of methoxy groups -OCH3 is 1. The van der Waals surface area contributed by atoms with Gasteiger partial charge in [-0.25, -0.2) is 14.6 Å². The Hall–Kier alpha value is -5.32. The van der Waals surface area contributed by atoms with Crippen molar-refractivity contribution in [2.45, 2.75) is 64.6 Å². The minimum absolute atomic E-state index is 0.0975. The average Bonchev–Trinajstić information content (AvgIpc) is 3.42. The van der Waals surface area contributed by atoms with E-state index >= 15 is 0 Å². The highest BCUT2D eigenvalue weighted by atomic mass is 19.4. The van der Waals surface area contributed by atoms with Gasteiger partial charge in [-0.15, -0.1) is 0 Å². The number of hydrogen-bond donors (Lipinski definition) is 0. The van der Waals surface area contributed by atoms with E-state index in [1.807, 2.05) is 0 Å². The number of alkyl halides is 3. The van der Waals surface area contributed by atoms with E-state index in [0.29, 0.717) is 48.1 Å². The monoisotopic (exact) mass is 676 g/mol. The standard InChI is InChI=1S/C35H35F3N6O5/c1-33(2,3)49-31(45)42-17-14-34(20-39,15-18-42)21-44-26-8-6-5-7-24(26)28(41-44)25-13-16-40-30-27(25)29(35(36,37)38)48-32(46)43(30)19-22-9-11-23(47-4)12-10-22/h5-13,16,29H,14-15,17-19,21H2,1-4H3/t29-/m1/s1. The molecule has 4 aromatic rings. The summed E-state index contributed by atoms with van der Waals surface area (Å²) in [5, 5.41) is 15.7. The highest BCUT2D eigenvalue weighted by Crippen LogP contribution is 2.48. The summed E-state index contributed by atoms with van der Waals surface area (Å²) in [5.74, 6) is 0.394. The molecule has 0 unspecified atom stereocenters. The van der Waals surface area contributed by atoms with Gasteiger partial charge in [0.1, 0.15) is 22.9 Å². The normalized spacial score (nSPS) is 17.7. The second-order valence-corrected chi connectivity index (χ2v) is 13.2. The van der Waals surface area contributed by atoms with Crippen molar-refractivity contribution in [1.29, 1.82) is 5.26 Å². The van der Waals surface area contributed by atoms with Crippen LogP contribution >= 0.6 is 0 Å². The zero-order chi connectivity index (χ0) is 35.1. The Morgan fingerprint density at radius 1 is 1.08 bits per heavy atom. The van der Waals surface area contributed by atoms with Crippen LogP contribution in [0, 0.1) is 16.7 Å². The molecule has 2 aromatic carbocycles. The molecule has 1 fully saturated rings. The van der Waals surface area contributed by atoms with Crippen molar-refractivity contribution < 1.29 is 37.0 Å². The molecular weight excluding hydrogens is 641 g/mol. The molecule has 11 nitrogen and oxygen atoms in total. The van der Waals surface area contributed by atoms with Gasteiger partial charge in [-0.3, -0.25) is 9.58 Å². The molecule has 2 aliphatic rings. The number of amides is 2. The van der Waals surface area contributed by atoms with E-state index in [2.05, 4.69) is 11.1 Å². The predicted molar refractivity (Wildman–Crippen MR) is 173 cm³/mol. The first-order valence-electron chi connectivity index (χ1n) is 15.7. The van der Waals surface area contributed by atoms with E-state index in [-0.39, 0.29) is 35.7 Å². The highest BCUT2D eigenvalue weighted by molar-refractivity contribution is 5.97. The lowest BCUT2D eigenvalue weighted by Crippen LogP contribution is -2.46. The summed E-state index contributed by atoms with van der Waals surface area (Å²) in [6, 6.07) is 17.7. The molecule has 0 saturated carbocycles. The number of carbonyl (C=O) groups is 2. The molecule has 2 amide bonds. The van der Waals surface area contributed by atoms with Crippen LogP contribution in [0.2, 0.25) is 0 Å². The lowest BCUT2D eigenvalue weighted by Gasteiger charge is -2.37. The molecule has 1 atom stereocenters. The molecule has 6 rings (SSSR count). The summed E-state index contributed by atoms with van der Waals surface area (Å²) in [6.07, 6.45) is -7.11. The molecule has 0 N–H and O–H groups in total. The Kier molecular flexibility index (Phi) is 8.64. The predicted octanol–water partition coefficient (Wildman–Crippen LogP) is 7.41. The molecule has 49 heavy (non-hydrogen) atoms. The SMILES string of the molecule is COc1ccc(CN2C(=O)O[C@@H](C(F)(F)F)c3c(-c4nn(CC5(C#N)CCN(C(=O)OC(C)(C)C)CC5)c5ccccc45)ccnc32)cc1. The molecule has 1 saturated heterocycles. The number of nitrogens with zero attached hydrogens (tertiary/aromatic N) is 6. The van der Waals surface area contributed by atoms with Gasteiger partial charge in [0, 0.05) is 30.2 Å². The number of pyridine rings is 1. The summed E-state index contributed by atoms with van der Waals surface area (Å²) >= 11 is 0. The minimum Gasteiger partial charge on any atom is -0.497 e. The Morgan fingerprint density at radius 3 is 2.41 bits per heavy atom. The van der Waals surface area contributed by atoms with Crippen molar-refractivity contribution in [1.82, 2.24) is 19.7 Å². The number of piperidine rings is 1. The van der Waals surface area contributed by atoms with Gasteiger partial charge >= 0.3 is 18.4 Å². The van der Waals surface area contributed by atoms with Gasteiger partial charge in [-0.05, 0) is 63.4 Å². The molecule has 14 heteroatoms. The van der Waals surface area contributed by atoms with Gasteiger partial charge in [0.05, 0.1) is 42.8 Å². The maximum Gasteiger partial charge on any atom is 0.430 e. The molecule has 2 aromatic heterocycles. The molecule has 0 aliphatic carbocycles. The lowest BCUT2D eigenvalue weighted by molar-refractivity contribution is -0.207. The van der Waals surface area contributed by atoms with Crippen molar-refractivity contribution in [3.05, 3.63) is 71.9 Å². The van der Waals surface area contributed by atoms with E-state index in [1.54, 1.807) is 78.9 Å². The topological polar surface area (TPSA) is 123 Å². The van der Waals surface area contributed by atoms with E-state index in [9.17, 15) is 28.0 Å². The highest BCUT2D eigenvalue weighted by Gasteiger charge is 2.51. The van der Waals surface area contributed by atoms with Crippen molar-refractivity contribution in [2.24, 2.45) is 5.41 Å². The van der Waals surface area contributed by atoms with Gasteiger partial charge in [-0.1, -0.05) is 30.3 Å². The van der Waals surface area contributed by atoms with Crippen LogP contribution in [0.1, 0.15) is 50.8 Å². The van der Waals surface area contributed by atoms with Crippen molar-refractivity contribution in [2.75, 3.05) is 25.1 Å². The summed E-state index contributed by atoms with van der Waals surface area (Å²) in [6.45, 7) is 6.00. The van der Waals surface area contributed by atoms with E-state index in [0.717, 1.165) is 4.90 Å². The van der Waals surface area contributed by atoms with Crippen LogP contribution < -0.4 is 9.64 Å². The number of carbonyl (C=O) groups excluding carboxylic acids is 2. The summed E-state index contributed by atoms with van der Waals surface area (Å²) in [4.78, 5) is 32.7. The fraction of sp³-hybridized carbons (Fsp3) is 0.400. The van der Waals surface area contributed by atoms with Crippen LogP contribution in [0.4, 0.5) is 28.6 Å². The average molecular weight is 677 g/mol. The summed E-state index contributed by atoms with van der Waals surface area (Å²) in [5.41, 5.74) is -0.339. The minimum atomic E-state index is -4.94. The second kappa shape index (κ2) is 12.6. The number of hydrogen-bond acceptors (Lipinski definition) is 8. The van der Waals surface area contributed by atoms with Crippen LogP contribution in [0.15, 0.2) is 60.8 Å². The van der Waals surface area contributed by atoms with E-state index in [4.69, 9.17) is 19.3 Å². The van der Waals surface area contributed by atoms with Crippen molar-refractivity contribution >= 4 is 28.9 Å². The van der Waals surface area contributed by atoms with Crippen LogP contribution in [0.25, 0.3) is 22.2 Å². The van der Waals surface area contributed by atoms with E-state index in [1.165, 1.54) is 19.4 Å². The fourth-order valence-corrected chi connectivity index (χ4v) is 6.22. The van der Waals surface area contributed by atoms with E-state index < -0.39 is 35.5 Å². The van der Waals surface area contributed by atoms with Crippen molar-refractivity contribution in [3.8, 4) is 23.1 Å². The van der Waals surface area contributed by atoms with Crippen LogP contribution in [-0.4, -0.2) is 63.8 Å². The molecule has 4 heterocycles. The van der Waals surface area contributed by atoms with Gasteiger partial charge in [0.2, 0.25) is 6.10 Å². The van der Waals surface area contributed by atoms with Crippen LogP contribution in [-0.2, 0) is 22.6 Å². The number of cyclic esters (lactones) is 1. The Labute approximate surface area is 280 Å². The second-order valence-electron chi connectivity index (χ2n) is 13.2. The van der Waals surface area contributed by atoms with Crippen LogP contribution in [0.5, 0.6) is 5.75 Å². The smallest absolute Gasteiger partial charge is 0.430 e. The Bertz CT molecular complexity index is 1920. The molecule has 0 radical (unpaired) electrons. The van der Waals surface area contributed by atoms with Gasteiger partial charge in [0.15, 0.2) is 0 Å². The van der Waals surface area contributed by atoms with Gasteiger partial charge in [0.25, 0.3) is 0 Å². The van der Waals surface area contributed by atoms with Gasteiger partial charge in [-0.2, -0.15) is 23.5 Å². The third-order valence-electron chi connectivity index (χ3n) is 8.70. The molecule has 0 bridgehead atoms. The number of aromatic nitrogens is 3. The number of likely N-dealkylation sites (tertiary alicyclic amines) is 1. The van der Waals surface area contributed by atoms with Gasteiger partial charge < -0.3 is 19.1 Å². The molecule has 2 aliphatic heterocycles. The zero-order valence-electron chi connectivity index (χ0n) is 27.5.